The van der Waals surface area contributed by atoms with Crippen LogP contribution in [-0.4, -0.2) is 36.8 Å². The summed E-state index contributed by atoms with van der Waals surface area (Å²) in [5.74, 6) is 2.46. The minimum atomic E-state index is -0.659. The average Bonchev–Trinajstić information content (AvgIpc) is 2.94. The molecule has 1 fully saturated rings. The van der Waals surface area contributed by atoms with Crippen molar-refractivity contribution in [2.24, 2.45) is 0 Å². The summed E-state index contributed by atoms with van der Waals surface area (Å²) < 4.78 is 7.27. The first kappa shape index (κ1) is 12.7. The highest BCUT2D eigenvalue weighted by Crippen LogP contribution is 2.31. The molecule has 3 rings (SSSR count). The number of terminal acetylenes is 1. The van der Waals surface area contributed by atoms with Gasteiger partial charge < -0.3 is 15.6 Å². The summed E-state index contributed by atoms with van der Waals surface area (Å²) in [6.07, 6.45) is 5.79. The van der Waals surface area contributed by atoms with Crippen molar-refractivity contribution in [3.05, 3.63) is 16.7 Å². The zero-order chi connectivity index (χ0) is 14.3. The highest BCUT2D eigenvalue weighted by Gasteiger charge is 2.35. The van der Waals surface area contributed by atoms with E-state index in [9.17, 15) is 9.90 Å². The molecule has 3 heterocycles. The molecular weight excluding hydrogens is 262 g/mol. The smallest absolute Gasteiger partial charge is 0.280 e. The third kappa shape index (κ3) is 1.93. The van der Waals surface area contributed by atoms with Crippen molar-refractivity contribution in [1.29, 1.82) is 0 Å². The summed E-state index contributed by atoms with van der Waals surface area (Å²) in [7, 11) is 0. The minimum absolute atomic E-state index is 0.00275. The zero-order valence-corrected chi connectivity index (χ0v) is 10.5. The maximum absolute atomic E-state index is 11.7. The van der Waals surface area contributed by atoms with Crippen molar-refractivity contribution in [2.75, 3.05) is 5.73 Å². The number of nitrogens with one attached hydrogen (secondary N) is 1. The third-order valence-corrected chi connectivity index (χ3v) is 3.28. The number of rotatable bonds is 2. The molecule has 0 aromatic carbocycles. The maximum atomic E-state index is 11.7. The van der Waals surface area contributed by atoms with Gasteiger partial charge in [-0.3, -0.25) is 14.3 Å². The lowest BCUT2D eigenvalue weighted by Gasteiger charge is -2.13. The number of aromatic amines is 1. The molecular formula is C12H13N5O3. The second-order valence-electron chi connectivity index (χ2n) is 4.62. The Bertz CT molecular complexity index is 744. The molecule has 1 saturated heterocycles. The van der Waals surface area contributed by atoms with E-state index in [1.165, 1.54) is 6.33 Å². The Morgan fingerprint density at radius 3 is 3.25 bits per heavy atom. The second kappa shape index (κ2) is 4.63. The number of aromatic nitrogens is 4. The predicted molar refractivity (Wildman–Crippen MR) is 70.5 cm³/mol. The number of anilines is 1. The quantitative estimate of drug-likeness (QED) is 0.628. The van der Waals surface area contributed by atoms with Crippen LogP contribution in [0.15, 0.2) is 11.1 Å². The number of ether oxygens (including phenoxy) is 1. The van der Waals surface area contributed by atoms with Gasteiger partial charge in [0.25, 0.3) is 5.56 Å². The first-order chi connectivity index (χ1) is 9.60. The fourth-order valence-corrected chi connectivity index (χ4v) is 2.34. The lowest BCUT2D eigenvalue weighted by molar-refractivity contribution is -0.0137. The number of imidazole rings is 1. The Balaban J connectivity index is 2.00. The topological polar surface area (TPSA) is 119 Å². The Labute approximate surface area is 113 Å². The standard InChI is InChI=1S/C12H13N5O3/c1-2-3-7-6(18)4-8(20-7)17-5-14-9-10(17)15-12(13)16-11(9)19/h1,5-8,18H,3-4H2,(H3,13,15,16,19). The predicted octanol–water partition coefficient (Wildman–Crippen LogP) is -0.627. The van der Waals surface area contributed by atoms with Crippen LogP contribution in [0.5, 0.6) is 0 Å². The van der Waals surface area contributed by atoms with Gasteiger partial charge in [0.05, 0.1) is 18.5 Å². The maximum Gasteiger partial charge on any atom is 0.280 e. The van der Waals surface area contributed by atoms with Crippen LogP contribution in [0.3, 0.4) is 0 Å². The van der Waals surface area contributed by atoms with Crippen molar-refractivity contribution < 1.29 is 9.84 Å². The lowest BCUT2D eigenvalue weighted by Crippen LogP contribution is -2.19. The molecule has 2 aromatic heterocycles. The minimum Gasteiger partial charge on any atom is -0.390 e. The van der Waals surface area contributed by atoms with Crippen molar-refractivity contribution in [1.82, 2.24) is 19.5 Å². The van der Waals surface area contributed by atoms with Gasteiger partial charge in [0.1, 0.15) is 6.23 Å². The van der Waals surface area contributed by atoms with Gasteiger partial charge in [-0.05, 0) is 0 Å². The van der Waals surface area contributed by atoms with Crippen LogP contribution < -0.4 is 11.3 Å². The number of hydrogen-bond acceptors (Lipinski definition) is 6. The van der Waals surface area contributed by atoms with Gasteiger partial charge in [0, 0.05) is 12.8 Å². The first-order valence-corrected chi connectivity index (χ1v) is 6.09. The first-order valence-electron chi connectivity index (χ1n) is 6.09. The van der Waals surface area contributed by atoms with E-state index >= 15 is 0 Å². The van der Waals surface area contributed by atoms with E-state index in [1.807, 2.05) is 0 Å². The van der Waals surface area contributed by atoms with Gasteiger partial charge in [-0.15, -0.1) is 12.3 Å². The molecule has 0 spiro atoms. The number of fused-ring (bicyclic) bond motifs is 1. The van der Waals surface area contributed by atoms with Crippen LogP contribution >= 0.6 is 0 Å². The molecule has 0 amide bonds. The fraction of sp³-hybridized carbons (Fsp3) is 0.417. The molecule has 4 N–H and O–H groups in total. The Morgan fingerprint density at radius 1 is 1.70 bits per heavy atom. The van der Waals surface area contributed by atoms with Crippen LogP contribution in [0.2, 0.25) is 0 Å². The van der Waals surface area contributed by atoms with Crippen LogP contribution in [0.1, 0.15) is 19.1 Å². The molecule has 1 aliphatic rings. The highest BCUT2D eigenvalue weighted by molar-refractivity contribution is 5.70. The molecule has 8 nitrogen and oxygen atoms in total. The number of aliphatic hydroxyl groups excluding tert-OH is 1. The van der Waals surface area contributed by atoms with E-state index in [4.69, 9.17) is 16.9 Å². The number of hydrogen-bond donors (Lipinski definition) is 3. The molecule has 0 saturated carbocycles. The highest BCUT2D eigenvalue weighted by atomic mass is 16.5. The van der Waals surface area contributed by atoms with E-state index in [0.717, 1.165) is 0 Å². The molecule has 104 valence electrons. The molecule has 2 aromatic rings. The summed E-state index contributed by atoms with van der Waals surface area (Å²) in [5, 5.41) is 9.90. The molecule has 3 atom stereocenters. The van der Waals surface area contributed by atoms with Gasteiger partial charge in [-0.2, -0.15) is 4.98 Å². The number of H-pyrrole nitrogens is 1. The lowest BCUT2D eigenvalue weighted by atomic mass is 10.1. The van der Waals surface area contributed by atoms with E-state index in [2.05, 4.69) is 20.9 Å². The summed E-state index contributed by atoms with van der Waals surface area (Å²) in [5.41, 5.74) is 5.62. The van der Waals surface area contributed by atoms with Crippen LogP contribution in [0.25, 0.3) is 11.2 Å². The molecule has 0 radical (unpaired) electrons. The summed E-state index contributed by atoms with van der Waals surface area (Å²) in [4.78, 5) is 22.1. The fourth-order valence-electron chi connectivity index (χ4n) is 2.34. The molecule has 8 heteroatoms. The Hall–Kier alpha value is -2.37. The number of nitrogen functional groups attached to an aromatic ring is 1. The van der Waals surface area contributed by atoms with Gasteiger partial charge in [-0.1, -0.05) is 0 Å². The molecule has 3 unspecified atom stereocenters. The van der Waals surface area contributed by atoms with Gasteiger partial charge in [-0.25, -0.2) is 4.98 Å². The summed E-state index contributed by atoms with van der Waals surface area (Å²) in [6, 6.07) is 0. The molecule has 0 bridgehead atoms. The van der Waals surface area contributed by atoms with Crippen LogP contribution in [0.4, 0.5) is 5.95 Å². The van der Waals surface area contributed by atoms with Crippen LogP contribution in [-0.2, 0) is 4.74 Å². The van der Waals surface area contributed by atoms with E-state index in [1.54, 1.807) is 4.57 Å². The van der Waals surface area contributed by atoms with Gasteiger partial charge >= 0.3 is 0 Å². The zero-order valence-electron chi connectivity index (χ0n) is 10.5. The molecule has 1 aliphatic heterocycles. The van der Waals surface area contributed by atoms with Crippen molar-refractivity contribution >= 4 is 17.1 Å². The molecule has 0 aliphatic carbocycles. The Morgan fingerprint density at radius 2 is 2.50 bits per heavy atom. The number of nitrogens with two attached hydrogens (primary N) is 1. The monoisotopic (exact) mass is 275 g/mol. The third-order valence-electron chi connectivity index (χ3n) is 3.28. The number of aliphatic hydroxyl groups is 1. The largest absolute Gasteiger partial charge is 0.390 e. The van der Waals surface area contributed by atoms with E-state index in [-0.39, 0.29) is 11.5 Å². The van der Waals surface area contributed by atoms with E-state index < -0.39 is 24.0 Å². The van der Waals surface area contributed by atoms with Crippen molar-refractivity contribution in [2.45, 2.75) is 31.3 Å². The van der Waals surface area contributed by atoms with Crippen molar-refractivity contribution in [3.8, 4) is 12.3 Å². The van der Waals surface area contributed by atoms with E-state index in [0.29, 0.717) is 18.5 Å². The van der Waals surface area contributed by atoms with Gasteiger partial charge in [0.2, 0.25) is 5.95 Å². The summed E-state index contributed by atoms with van der Waals surface area (Å²) >= 11 is 0. The normalized spacial score (nSPS) is 25.9. The second-order valence-corrected chi connectivity index (χ2v) is 4.62. The van der Waals surface area contributed by atoms with Crippen molar-refractivity contribution in [3.63, 3.8) is 0 Å². The molecule has 20 heavy (non-hydrogen) atoms. The SMILES string of the molecule is C#CCC1OC(n2cnc3c(=O)[nH]c(N)nc32)CC1O. The Kier molecular flexibility index (Phi) is 2.93. The van der Waals surface area contributed by atoms with Crippen LogP contribution in [0, 0.1) is 12.3 Å². The average molecular weight is 275 g/mol. The van der Waals surface area contributed by atoms with Gasteiger partial charge in [0.15, 0.2) is 11.2 Å². The number of nitrogens with zero attached hydrogens (tertiary/aromatic N) is 3. The summed E-state index contributed by atoms with van der Waals surface area (Å²) in [6.45, 7) is 0.